The van der Waals surface area contributed by atoms with Gasteiger partial charge in [0.05, 0.1) is 6.42 Å². The molecule has 1 aromatic rings. The average Bonchev–Trinajstić information content (AvgIpc) is 3.22. The van der Waals surface area contributed by atoms with Crippen LogP contribution in [0.2, 0.25) is 0 Å². The average molecular weight is 275 g/mol. The van der Waals surface area contributed by atoms with Crippen molar-refractivity contribution >= 4 is 5.97 Å². The summed E-state index contributed by atoms with van der Waals surface area (Å²) in [6.45, 7) is 4.43. The van der Waals surface area contributed by atoms with E-state index in [1.54, 1.807) is 0 Å². The smallest absolute Gasteiger partial charge is 0.304 e. The molecule has 0 radical (unpaired) electrons. The number of hydrogen-bond donors (Lipinski definition) is 2. The Morgan fingerprint density at radius 2 is 2.00 bits per heavy atom. The van der Waals surface area contributed by atoms with Crippen LogP contribution in [0.15, 0.2) is 24.3 Å². The van der Waals surface area contributed by atoms with Crippen LogP contribution in [0, 0.1) is 0 Å². The summed E-state index contributed by atoms with van der Waals surface area (Å²) < 4.78 is 0. The molecule has 0 bridgehead atoms. The summed E-state index contributed by atoms with van der Waals surface area (Å²) >= 11 is 0. The second kappa shape index (κ2) is 6.89. The van der Waals surface area contributed by atoms with Crippen molar-refractivity contribution in [1.82, 2.24) is 5.32 Å². The Balaban J connectivity index is 1.96. The van der Waals surface area contributed by atoms with Crippen molar-refractivity contribution in [2.45, 2.75) is 64.0 Å². The maximum Gasteiger partial charge on any atom is 0.304 e. The van der Waals surface area contributed by atoms with E-state index in [-0.39, 0.29) is 12.5 Å². The van der Waals surface area contributed by atoms with Gasteiger partial charge in [-0.1, -0.05) is 38.1 Å². The first-order valence-electron chi connectivity index (χ1n) is 7.65. The van der Waals surface area contributed by atoms with Crippen molar-refractivity contribution in [1.29, 1.82) is 0 Å². The quantitative estimate of drug-likeness (QED) is 0.765. The molecule has 2 N–H and O–H groups in total. The minimum Gasteiger partial charge on any atom is -0.481 e. The number of benzene rings is 1. The number of carboxylic acids is 1. The van der Waals surface area contributed by atoms with Gasteiger partial charge < -0.3 is 10.4 Å². The van der Waals surface area contributed by atoms with Crippen molar-refractivity contribution in [3.05, 3.63) is 35.4 Å². The summed E-state index contributed by atoms with van der Waals surface area (Å²) in [5.41, 5.74) is 2.58. The highest BCUT2D eigenvalue weighted by Gasteiger charge is 2.25. The molecule has 1 fully saturated rings. The fourth-order valence-corrected chi connectivity index (χ4v) is 2.49. The van der Waals surface area contributed by atoms with Gasteiger partial charge in [0.25, 0.3) is 0 Å². The van der Waals surface area contributed by atoms with Crippen LogP contribution >= 0.6 is 0 Å². The van der Waals surface area contributed by atoms with Crippen LogP contribution in [0.25, 0.3) is 0 Å². The van der Waals surface area contributed by atoms with Crippen LogP contribution in [0.3, 0.4) is 0 Å². The van der Waals surface area contributed by atoms with E-state index in [4.69, 9.17) is 5.11 Å². The molecule has 2 unspecified atom stereocenters. The highest BCUT2D eigenvalue weighted by atomic mass is 16.4. The minimum atomic E-state index is -0.723. The Bertz CT molecular complexity index is 437. The van der Waals surface area contributed by atoms with Gasteiger partial charge in [-0.15, -0.1) is 0 Å². The van der Waals surface area contributed by atoms with Crippen LogP contribution in [-0.2, 0) is 11.2 Å². The molecule has 2 atom stereocenters. The van der Waals surface area contributed by atoms with Gasteiger partial charge in [0.1, 0.15) is 0 Å². The maximum atomic E-state index is 10.9. The van der Waals surface area contributed by atoms with Crippen LogP contribution in [0.1, 0.15) is 56.6 Å². The van der Waals surface area contributed by atoms with Crippen molar-refractivity contribution in [3.8, 4) is 0 Å². The lowest BCUT2D eigenvalue weighted by Gasteiger charge is -2.17. The third-order valence-electron chi connectivity index (χ3n) is 4.11. The van der Waals surface area contributed by atoms with Gasteiger partial charge in [-0.2, -0.15) is 0 Å². The summed E-state index contributed by atoms with van der Waals surface area (Å²) in [5, 5.41) is 12.4. The first-order valence-corrected chi connectivity index (χ1v) is 7.65. The van der Waals surface area contributed by atoms with Gasteiger partial charge in [-0.3, -0.25) is 4.79 Å². The second-order valence-corrected chi connectivity index (χ2v) is 5.99. The Hall–Kier alpha value is -1.35. The van der Waals surface area contributed by atoms with Crippen LogP contribution in [0.4, 0.5) is 0 Å². The molecule has 1 aliphatic carbocycles. The molecule has 0 amide bonds. The third-order valence-corrected chi connectivity index (χ3v) is 4.11. The predicted molar refractivity (Wildman–Crippen MR) is 81.1 cm³/mol. The van der Waals surface area contributed by atoms with Crippen molar-refractivity contribution in [3.63, 3.8) is 0 Å². The molecule has 0 aromatic heterocycles. The SMILES string of the molecule is CCC(C)c1ccc(CC(CC(=O)O)NC2CC2)cc1. The number of carbonyl (C=O) groups is 1. The number of aliphatic carboxylic acids is 1. The number of nitrogens with one attached hydrogen (secondary N) is 1. The fraction of sp³-hybridized carbons (Fsp3) is 0.588. The Kier molecular flexibility index (Phi) is 5.18. The van der Waals surface area contributed by atoms with Crippen molar-refractivity contribution in [2.75, 3.05) is 0 Å². The zero-order valence-electron chi connectivity index (χ0n) is 12.4. The monoisotopic (exact) mass is 275 g/mol. The van der Waals surface area contributed by atoms with E-state index >= 15 is 0 Å². The van der Waals surface area contributed by atoms with Crippen LogP contribution < -0.4 is 5.32 Å². The Labute approximate surface area is 121 Å². The molecule has 20 heavy (non-hydrogen) atoms. The molecule has 0 aliphatic heterocycles. The summed E-state index contributed by atoms with van der Waals surface area (Å²) in [4.78, 5) is 10.9. The van der Waals surface area contributed by atoms with Crippen LogP contribution in [-0.4, -0.2) is 23.2 Å². The lowest BCUT2D eigenvalue weighted by Crippen LogP contribution is -2.35. The molecule has 0 spiro atoms. The largest absolute Gasteiger partial charge is 0.481 e. The highest BCUT2D eigenvalue weighted by Crippen LogP contribution is 2.22. The lowest BCUT2D eigenvalue weighted by molar-refractivity contribution is -0.137. The molecule has 1 aliphatic rings. The summed E-state index contributed by atoms with van der Waals surface area (Å²) in [6.07, 6.45) is 4.50. The Morgan fingerprint density at radius 3 is 2.50 bits per heavy atom. The zero-order chi connectivity index (χ0) is 14.5. The third kappa shape index (κ3) is 4.64. The van der Waals surface area contributed by atoms with Crippen LogP contribution in [0.5, 0.6) is 0 Å². The van der Waals surface area contributed by atoms with Gasteiger partial charge >= 0.3 is 5.97 Å². The second-order valence-electron chi connectivity index (χ2n) is 5.99. The summed E-state index contributed by atoms with van der Waals surface area (Å²) in [7, 11) is 0. The van der Waals surface area contributed by atoms with E-state index in [0.717, 1.165) is 12.8 Å². The lowest BCUT2D eigenvalue weighted by atomic mass is 9.95. The molecular formula is C17H25NO2. The number of rotatable bonds is 8. The molecule has 2 rings (SSSR count). The molecule has 0 saturated heterocycles. The summed E-state index contributed by atoms with van der Waals surface area (Å²) in [5.74, 6) is -0.136. The van der Waals surface area contributed by atoms with E-state index < -0.39 is 5.97 Å². The molecule has 3 heteroatoms. The van der Waals surface area contributed by atoms with E-state index in [1.807, 2.05) is 0 Å². The molecule has 110 valence electrons. The fourth-order valence-electron chi connectivity index (χ4n) is 2.49. The molecule has 1 aromatic carbocycles. The van der Waals surface area contributed by atoms with E-state index in [9.17, 15) is 4.79 Å². The van der Waals surface area contributed by atoms with Gasteiger partial charge in [-0.25, -0.2) is 0 Å². The zero-order valence-corrected chi connectivity index (χ0v) is 12.4. The molecule has 3 nitrogen and oxygen atoms in total. The standard InChI is InChI=1S/C17H25NO2/c1-3-12(2)14-6-4-13(5-7-14)10-16(11-17(19)20)18-15-8-9-15/h4-7,12,15-16,18H,3,8-11H2,1-2H3,(H,19,20). The Morgan fingerprint density at radius 1 is 1.35 bits per heavy atom. The summed E-state index contributed by atoms with van der Waals surface area (Å²) in [6, 6.07) is 9.24. The number of hydrogen-bond acceptors (Lipinski definition) is 2. The minimum absolute atomic E-state index is 0.0504. The van der Waals surface area contributed by atoms with Gasteiger partial charge in [0.15, 0.2) is 0 Å². The van der Waals surface area contributed by atoms with E-state index in [0.29, 0.717) is 12.0 Å². The number of carboxylic acid groups (broad SMARTS) is 1. The van der Waals surface area contributed by atoms with Gasteiger partial charge in [0.2, 0.25) is 0 Å². The van der Waals surface area contributed by atoms with E-state index in [2.05, 4.69) is 43.4 Å². The predicted octanol–water partition coefficient (Wildman–Crippen LogP) is 3.34. The van der Waals surface area contributed by atoms with Gasteiger partial charge in [0, 0.05) is 12.1 Å². The molecule has 1 saturated carbocycles. The first kappa shape index (κ1) is 15.0. The van der Waals surface area contributed by atoms with E-state index in [1.165, 1.54) is 24.0 Å². The molecular weight excluding hydrogens is 250 g/mol. The van der Waals surface area contributed by atoms with Crippen molar-refractivity contribution in [2.24, 2.45) is 0 Å². The highest BCUT2D eigenvalue weighted by molar-refractivity contribution is 5.67. The topological polar surface area (TPSA) is 49.3 Å². The first-order chi connectivity index (χ1) is 9.58. The van der Waals surface area contributed by atoms with Gasteiger partial charge in [-0.05, 0) is 42.7 Å². The van der Waals surface area contributed by atoms with Crippen molar-refractivity contribution < 1.29 is 9.90 Å². The normalized spacial score (nSPS) is 17.7. The molecule has 0 heterocycles. The maximum absolute atomic E-state index is 10.9.